The molecule has 0 spiro atoms. The van der Waals surface area contributed by atoms with E-state index in [-0.39, 0.29) is 0 Å². The molecule has 2 fully saturated rings. The maximum Gasteiger partial charge on any atom is 0.0581 e. The highest BCUT2D eigenvalue weighted by Gasteiger charge is 2.41. The van der Waals surface area contributed by atoms with Gasteiger partial charge in [-0.25, -0.2) is 0 Å². The van der Waals surface area contributed by atoms with Crippen molar-refractivity contribution in [3.05, 3.63) is 0 Å². The highest BCUT2D eigenvalue weighted by Crippen LogP contribution is 2.45. The van der Waals surface area contributed by atoms with Crippen molar-refractivity contribution in [2.75, 3.05) is 6.61 Å². The van der Waals surface area contributed by atoms with Gasteiger partial charge in [-0.3, -0.25) is 0 Å². The highest BCUT2D eigenvalue weighted by atomic mass is 16.5. The molecule has 1 nitrogen and oxygen atoms in total. The summed E-state index contributed by atoms with van der Waals surface area (Å²) in [4.78, 5) is 0. The average Bonchev–Trinajstić information content (AvgIpc) is 2.29. The molecule has 0 aromatic heterocycles. The molecule has 2 atom stereocenters. The van der Waals surface area contributed by atoms with Gasteiger partial charge in [0.05, 0.1) is 12.7 Å². The van der Waals surface area contributed by atoms with Gasteiger partial charge in [0, 0.05) is 0 Å². The van der Waals surface area contributed by atoms with Crippen LogP contribution in [-0.4, -0.2) is 12.7 Å². The van der Waals surface area contributed by atoms with Crippen LogP contribution in [0, 0.1) is 5.41 Å². The Morgan fingerprint density at radius 1 is 1.60 bits per heavy atom. The Labute approximate surface area is 62.8 Å². The predicted octanol–water partition coefficient (Wildman–Crippen LogP) is 2.36. The first-order valence-corrected chi connectivity index (χ1v) is 4.46. The van der Waals surface area contributed by atoms with E-state index in [0.717, 1.165) is 6.61 Å². The van der Waals surface area contributed by atoms with Gasteiger partial charge in [-0.05, 0) is 31.1 Å². The second kappa shape index (κ2) is 2.23. The molecule has 0 aromatic rings. The molecular weight excluding hydrogens is 124 g/mol. The van der Waals surface area contributed by atoms with Crippen LogP contribution in [0.5, 0.6) is 0 Å². The first kappa shape index (κ1) is 6.66. The van der Waals surface area contributed by atoms with Crippen LogP contribution < -0.4 is 0 Å². The molecule has 2 aliphatic rings. The molecule has 1 aliphatic carbocycles. The quantitative estimate of drug-likeness (QED) is 0.543. The third kappa shape index (κ3) is 0.878. The van der Waals surface area contributed by atoms with Crippen molar-refractivity contribution in [2.24, 2.45) is 5.41 Å². The lowest BCUT2D eigenvalue weighted by Gasteiger charge is -2.29. The molecule has 1 aliphatic heterocycles. The smallest absolute Gasteiger partial charge is 0.0581 e. The lowest BCUT2D eigenvalue weighted by atomic mass is 9.74. The summed E-state index contributed by atoms with van der Waals surface area (Å²) >= 11 is 0. The topological polar surface area (TPSA) is 9.23 Å². The normalized spacial score (nSPS) is 45.9. The lowest BCUT2D eigenvalue weighted by molar-refractivity contribution is 0.103. The van der Waals surface area contributed by atoms with Gasteiger partial charge in [-0.15, -0.1) is 0 Å². The van der Waals surface area contributed by atoms with E-state index in [9.17, 15) is 0 Å². The predicted molar refractivity (Wildman–Crippen MR) is 40.9 cm³/mol. The third-order valence-electron chi connectivity index (χ3n) is 3.27. The Morgan fingerprint density at radius 3 is 3.20 bits per heavy atom. The van der Waals surface area contributed by atoms with Crippen LogP contribution in [0.1, 0.15) is 39.0 Å². The lowest BCUT2D eigenvalue weighted by Crippen LogP contribution is -2.23. The minimum Gasteiger partial charge on any atom is -0.378 e. The molecule has 0 radical (unpaired) electrons. The van der Waals surface area contributed by atoms with E-state index in [4.69, 9.17) is 4.74 Å². The van der Waals surface area contributed by atoms with Crippen LogP contribution >= 0.6 is 0 Å². The van der Waals surface area contributed by atoms with Gasteiger partial charge in [0.15, 0.2) is 0 Å². The van der Waals surface area contributed by atoms with Crippen LogP contribution in [0.3, 0.4) is 0 Å². The van der Waals surface area contributed by atoms with E-state index in [1.165, 1.54) is 32.1 Å². The maximum absolute atomic E-state index is 5.67. The first-order valence-electron chi connectivity index (χ1n) is 4.46. The average molecular weight is 140 g/mol. The molecule has 2 bridgehead atoms. The SMILES string of the molecule is CC[C@@]12CCC[C@H](C1)OC2. The fourth-order valence-corrected chi connectivity index (χ4v) is 2.38. The Morgan fingerprint density at radius 2 is 2.50 bits per heavy atom. The van der Waals surface area contributed by atoms with Crippen LogP contribution in [-0.2, 0) is 4.74 Å². The van der Waals surface area contributed by atoms with Gasteiger partial charge in [-0.2, -0.15) is 0 Å². The monoisotopic (exact) mass is 140 g/mol. The van der Waals surface area contributed by atoms with E-state index in [1.54, 1.807) is 0 Å². The number of fused-ring (bicyclic) bond motifs is 2. The van der Waals surface area contributed by atoms with Crippen molar-refractivity contribution in [2.45, 2.75) is 45.1 Å². The second-order valence-corrected chi connectivity index (χ2v) is 3.88. The Hall–Kier alpha value is -0.0400. The first-order chi connectivity index (χ1) is 4.85. The number of hydrogen-bond donors (Lipinski definition) is 0. The zero-order valence-electron chi connectivity index (χ0n) is 6.73. The van der Waals surface area contributed by atoms with Gasteiger partial charge in [0.25, 0.3) is 0 Å². The largest absolute Gasteiger partial charge is 0.378 e. The third-order valence-corrected chi connectivity index (χ3v) is 3.27. The fourth-order valence-electron chi connectivity index (χ4n) is 2.38. The zero-order chi connectivity index (χ0) is 7.03. The summed E-state index contributed by atoms with van der Waals surface area (Å²) < 4.78 is 5.67. The zero-order valence-corrected chi connectivity index (χ0v) is 6.73. The Balaban J connectivity index is 2.10. The minimum atomic E-state index is 0.614. The number of hydrogen-bond acceptors (Lipinski definition) is 1. The molecule has 58 valence electrons. The van der Waals surface area contributed by atoms with Crippen molar-refractivity contribution >= 4 is 0 Å². The number of ether oxygens (including phenoxy) is 1. The molecule has 2 rings (SSSR count). The van der Waals surface area contributed by atoms with Crippen LogP contribution in [0.4, 0.5) is 0 Å². The molecule has 0 N–H and O–H groups in total. The molecule has 0 unspecified atom stereocenters. The Bertz CT molecular complexity index is 129. The van der Waals surface area contributed by atoms with Gasteiger partial charge >= 0.3 is 0 Å². The standard InChI is InChI=1S/C9H16O/c1-2-9-5-3-4-8(6-9)10-7-9/h8H,2-7H2,1H3/t8-,9-/m1/s1. The minimum absolute atomic E-state index is 0.614. The van der Waals surface area contributed by atoms with Crippen molar-refractivity contribution in [3.8, 4) is 0 Å². The Kier molecular flexibility index (Phi) is 1.48. The molecule has 10 heavy (non-hydrogen) atoms. The molecule has 1 heterocycles. The highest BCUT2D eigenvalue weighted by molar-refractivity contribution is 4.90. The van der Waals surface area contributed by atoms with Gasteiger partial charge in [0.2, 0.25) is 0 Å². The van der Waals surface area contributed by atoms with Crippen molar-refractivity contribution in [1.29, 1.82) is 0 Å². The van der Waals surface area contributed by atoms with Crippen molar-refractivity contribution < 1.29 is 4.74 Å². The van der Waals surface area contributed by atoms with Gasteiger partial charge in [0.1, 0.15) is 0 Å². The summed E-state index contributed by atoms with van der Waals surface area (Å²) in [5.74, 6) is 0. The van der Waals surface area contributed by atoms with Crippen LogP contribution in [0.25, 0.3) is 0 Å². The summed E-state index contributed by atoms with van der Waals surface area (Å²) in [5.41, 5.74) is 0.614. The van der Waals surface area contributed by atoms with Crippen molar-refractivity contribution in [1.82, 2.24) is 0 Å². The maximum atomic E-state index is 5.67. The molecule has 1 heteroatoms. The molecule has 1 saturated heterocycles. The van der Waals surface area contributed by atoms with Gasteiger partial charge in [-0.1, -0.05) is 13.3 Å². The second-order valence-electron chi connectivity index (χ2n) is 3.88. The summed E-state index contributed by atoms with van der Waals surface area (Å²) in [6, 6.07) is 0. The van der Waals surface area contributed by atoms with E-state index < -0.39 is 0 Å². The van der Waals surface area contributed by atoms with E-state index >= 15 is 0 Å². The molecular formula is C9H16O. The molecule has 1 saturated carbocycles. The molecule has 0 amide bonds. The summed E-state index contributed by atoms with van der Waals surface area (Å²) in [6.07, 6.45) is 7.45. The van der Waals surface area contributed by atoms with E-state index in [2.05, 4.69) is 6.92 Å². The van der Waals surface area contributed by atoms with Crippen molar-refractivity contribution in [3.63, 3.8) is 0 Å². The van der Waals surface area contributed by atoms with E-state index in [1.807, 2.05) is 0 Å². The molecule has 0 aromatic carbocycles. The summed E-state index contributed by atoms with van der Waals surface area (Å²) in [7, 11) is 0. The summed E-state index contributed by atoms with van der Waals surface area (Å²) in [6.45, 7) is 3.35. The van der Waals surface area contributed by atoms with Crippen LogP contribution in [0.15, 0.2) is 0 Å². The van der Waals surface area contributed by atoms with Crippen LogP contribution in [0.2, 0.25) is 0 Å². The number of rotatable bonds is 1. The fraction of sp³-hybridized carbons (Fsp3) is 1.00. The van der Waals surface area contributed by atoms with E-state index in [0.29, 0.717) is 11.5 Å². The van der Waals surface area contributed by atoms with Gasteiger partial charge < -0.3 is 4.74 Å². The summed E-state index contributed by atoms with van der Waals surface area (Å²) in [5, 5.41) is 0.